The summed E-state index contributed by atoms with van der Waals surface area (Å²) in [5.41, 5.74) is 0.844. The van der Waals surface area contributed by atoms with Crippen LogP contribution in [0.1, 0.15) is 15.9 Å². The number of nitrogens with zero attached hydrogens (tertiary/aromatic N) is 1. The Hall–Kier alpha value is -1.88. The van der Waals surface area contributed by atoms with Gasteiger partial charge in [-0.3, -0.25) is 4.79 Å². The Morgan fingerprint density at radius 2 is 2.00 bits per heavy atom. The summed E-state index contributed by atoms with van der Waals surface area (Å²) >= 11 is 3.48. The Bertz CT molecular complexity index is 679. The first-order valence-corrected chi connectivity index (χ1v) is 6.94. The van der Waals surface area contributed by atoms with E-state index >= 15 is 0 Å². The molecule has 1 heterocycles. The van der Waals surface area contributed by atoms with Crippen LogP contribution in [0.15, 0.2) is 51.9 Å². The summed E-state index contributed by atoms with van der Waals surface area (Å²) in [7, 11) is 1.26. The molecule has 20 heavy (non-hydrogen) atoms. The number of esters is 1. The van der Waals surface area contributed by atoms with Gasteiger partial charge in [0.25, 0.3) is 5.56 Å². The summed E-state index contributed by atoms with van der Waals surface area (Å²) in [6.07, 6.45) is 2.37. The van der Waals surface area contributed by atoms with E-state index in [0.717, 1.165) is 10.0 Å². The van der Waals surface area contributed by atoms with Gasteiger partial charge < -0.3 is 9.30 Å². The van der Waals surface area contributed by atoms with E-state index in [-0.39, 0.29) is 11.1 Å². The average molecular weight is 336 g/mol. The molecule has 0 aliphatic rings. The lowest BCUT2D eigenvalue weighted by Gasteiger charge is -2.08. The van der Waals surface area contributed by atoms with E-state index in [9.17, 15) is 9.59 Å². The number of hydrogen-bond donors (Lipinski definition) is 0. The van der Waals surface area contributed by atoms with Gasteiger partial charge in [0.05, 0.1) is 7.11 Å². The Labute approximate surface area is 125 Å². The first-order chi connectivity index (χ1) is 9.63. The van der Waals surface area contributed by atoms with E-state index in [1.165, 1.54) is 17.7 Å². The van der Waals surface area contributed by atoms with Crippen molar-refractivity contribution in [1.82, 2.24) is 4.57 Å². The molecule has 0 aliphatic carbocycles. The van der Waals surface area contributed by atoms with E-state index in [4.69, 9.17) is 0 Å². The van der Waals surface area contributed by atoms with Crippen molar-refractivity contribution >= 4 is 21.9 Å². The van der Waals surface area contributed by atoms with Gasteiger partial charge in [0.15, 0.2) is 0 Å². The number of hydrogen-bond acceptors (Lipinski definition) is 3. The van der Waals surface area contributed by atoms with Crippen LogP contribution in [0, 0.1) is 0 Å². The molecule has 0 fully saturated rings. The number of rotatable bonds is 4. The van der Waals surface area contributed by atoms with Crippen LogP contribution >= 0.6 is 15.9 Å². The Morgan fingerprint density at radius 1 is 1.25 bits per heavy atom. The highest BCUT2D eigenvalue weighted by molar-refractivity contribution is 9.10. The van der Waals surface area contributed by atoms with Gasteiger partial charge in [0.1, 0.15) is 5.56 Å². The Morgan fingerprint density at radius 3 is 2.70 bits per heavy atom. The topological polar surface area (TPSA) is 48.3 Å². The zero-order valence-corrected chi connectivity index (χ0v) is 12.6. The van der Waals surface area contributed by atoms with Crippen molar-refractivity contribution in [2.75, 3.05) is 7.11 Å². The van der Waals surface area contributed by atoms with Crippen LogP contribution in [0.25, 0.3) is 0 Å². The standard InChI is InChI=1S/C15H14BrNO3/c1-20-15(19)12-6-4-9-17(14(12)18)10-8-11-5-2-3-7-13(11)16/h2-7,9H,8,10H2,1H3. The van der Waals surface area contributed by atoms with Crippen LogP contribution in [-0.2, 0) is 17.7 Å². The minimum absolute atomic E-state index is 0.0575. The van der Waals surface area contributed by atoms with Gasteiger partial charge in [0.2, 0.25) is 0 Å². The normalized spacial score (nSPS) is 10.3. The van der Waals surface area contributed by atoms with Crippen LogP contribution < -0.4 is 5.56 Å². The van der Waals surface area contributed by atoms with Crippen molar-refractivity contribution in [3.8, 4) is 0 Å². The number of halogens is 1. The van der Waals surface area contributed by atoms with Crippen LogP contribution in [0.3, 0.4) is 0 Å². The molecule has 1 aromatic heterocycles. The lowest BCUT2D eigenvalue weighted by molar-refractivity contribution is 0.0598. The smallest absolute Gasteiger partial charge is 0.343 e. The monoisotopic (exact) mass is 335 g/mol. The second kappa shape index (κ2) is 6.52. The molecule has 0 unspecified atom stereocenters. The molecule has 0 bridgehead atoms. The molecule has 0 radical (unpaired) electrons. The molecular formula is C15H14BrNO3. The first-order valence-electron chi connectivity index (χ1n) is 6.14. The number of methoxy groups -OCH3 is 1. The van der Waals surface area contributed by atoms with Gasteiger partial charge in [-0.2, -0.15) is 0 Å². The molecule has 5 heteroatoms. The molecule has 0 amide bonds. The minimum atomic E-state index is -0.606. The number of aromatic nitrogens is 1. The van der Waals surface area contributed by atoms with Gasteiger partial charge in [0, 0.05) is 17.2 Å². The van der Waals surface area contributed by atoms with Crippen LogP contribution in [0.5, 0.6) is 0 Å². The summed E-state index contributed by atoms with van der Waals surface area (Å²) in [6, 6.07) is 11.0. The number of benzene rings is 1. The molecule has 0 atom stereocenters. The summed E-state index contributed by atoms with van der Waals surface area (Å²) in [4.78, 5) is 23.6. The third kappa shape index (κ3) is 3.17. The van der Waals surface area contributed by atoms with Gasteiger partial charge in [-0.25, -0.2) is 4.79 Å². The molecule has 0 saturated heterocycles. The lowest BCUT2D eigenvalue weighted by Crippen LogP contribution is -2.27. The second-order valence-electron chi connectivity index (χ2n) is 4.25. The quantitative estimate of drug-likeness (QED) is 0.807. The summed E-state index contributed by atoms with van der Waals surface area (Å²) < 4.78 is 7.13. The highest BCUT2D eigenvalue weighted by Crippen LogP contribution is 2.16. The second-order valence-corrected chi connectivity index (χ2v) is 5.11. The first kappa shape index (κ1) is 14.5. The third-order valence-electron chi connectivity index (χ3n) is 3.01. The number of aryl methyl sites for hydroxylation is 2. The molecule has 0 spiro atoms. The highest BCUT2D eigenvalue weighted by Gasteiger charge is 2.12. The fraction of sp³-hybridized carbons (Fsp3) is 0.200. The van der Waals surface area contributed by atoms with Crippen molar-refractivity contribution in [3.63, 3.8) is 0 Å². The molecule has 0 saturated carbocycles. The van der Waals surface area contributed by atoms with Gasteiger partial charge >= 0.3 is 5.97 Å². The fourth-order valence-electron chi connectivity index (χ4n) is 1.92. The SMILES string of the molecule is COC(=O)c1cccn(CCc2ccccc2Br)c1=O. The molecule has 2 rings (SSSR count). The maximum Gasteiger partial charge on any atom is 0.343 e. The van der Waals surface area contributed by atoms with Gasteiger partial charge in [-0.15, -0.1) is 0 Å². The Balaban J connectivity index is 2.21. The molecule has 1 aromatic carbocycles. The maximum atomic E-state index is 12.1. The average Bonchev–Trinajstić information content (AvgIpc) is 2.47. The largest absolute Gasteiger partial charge is 0.465 e. The van der Waals surface area contributed by atoms with Crippen LogP contribution in [-0.4, -0.2) is 17.6 Å². The fourth-order valence-corrected chi connectivity index (χ4v) is 2.40. The van der Waals surface area contributed by atoms with E-state index in [1.807, 2.05) is 24.3 Å². The van der Waals surface area contributed by atoms with Gasteiger partial charge in [-0.05, 0) is 30.2 Å². The molecule has 2 aromatic rings. The van der Waals surface area contributed by atoms with E-state index in [0.29, 0.717) is 13.0 Å². The molecular weight excluding hydrogens is 322 g/mol. The maximum absolute atomic E-state index is 12.1. The van der Waals surface area contributed by atoms with E-state index < -0.39 is 5.97 Å². The van der Waals surface area contributed by atoms with E-state index in [2.05, 4.69) is 20.7 Å². The molecule has 4 nitrogen and oxygen atoms in total. The Kier molecular flexibility index (Phi) is 4.74. The number of ether oxygens (including phenoxy) is 1. The molecule has 104 valence electrons. The summed E-state index contributed by atoms with van der Waals surface area (Å²) in [6.45, 7) is 0.506. The number of carbonyl (C=O) groups excluding carboxylic acids is 1. The van der Waals surface area contributed by atoms with Crippen molar-refractivity contribution < 1.29 is 9.53 Å². The lowest BCUT2D eigenvalue weighted by atomic mass is 10.1. The van der Waals surface area contributed by atoms with Crippen LogP contribution in [0.2, 0.25) is 0 Å². The molecule has 0 aliphatic heterocycles. The van der Waals surface area contributed by atoms with Crippen molar-refractivity contribution in [2.24, 2.45) is 0 Å². The third-order valence-corrected chi connectivity index (χ3v) is 3.78. The number of carbonyl (C=O) groups is 1. The zero-order chi connectivity index (χ0) is 14.5. The van der Waals surface area contributed by atoms with Crippen molar-refractivity contribution in [1.29, 1.82) is 0 Å². The minimum Gasteiger partial charge on any atom is -0.465 e. The van der Waals surface area contributed by atoms with Gasteiger partial charge in [-0.1, -0.05) is 34.1 Å². The summed E-state index contributed by atoms with van der Waals surface area (Å²) in [5, 5.41) is 0. The van der Waals surface area contributed by atoms with Crippen LogP contribution in [0.4, 0.5) is 0 Å². The van der Waals surface area contributed by atoms with Crippen molar-refractivity contribution in [3.05, 3.63) is 68.5 Å². The van der Waals surface area contributed by atoms with Crippen molar-refractivity contribution in [2.45, 2.75) is 13.0 Å². The molecule has 0 N–H and O–H groups in total. The number of pyridine rings is 1. The predicted octanol–water partition coefficient (Wildman–Crippen LogP) is 2.64. The summed E-state index contributed by atoms with van der Waals surface area (Å²) in [5.74, 6) is -0.606. The van der Waals surface area contributed by atoms with E-state index in [1.54, 1.807) is 12.3 Å². The zero-order valence-electron chi connectivity index (χ0n) is 11.0. The highest BCUT2D eigenvalue weighted by atomic mass is 79.9. The predicted molar refractivity (Wildman–Crippen MR) is 79.9 cm³/mol.